The minimum Gasteiger partial charge on any atom is -0.313 e. The maximum Gasteiger partial charge on any atom is 0.0628 e. The standard InChI is InChI=1S/C14H20N2S/c1-11(9-13-4-3-12(2)17-13)16-10-14(5-6-14)7-8-15/h3-4,11,16H,5-7,9-10H2,1-2H3. The largest absolute Gasteiger partial charge is 0.313 e. The van der Waals surface area contributed by atoms with E-state index >= 15 is 0 Å². The van der Waals surface area contributed by atoms with Crippen LogP contribution in [0, 0.1) is 23.7 Å². The summed E-state index contributed by atoms with van der Waals surface area (Å²) in [6.45, 7) is 5.39. The van der Waals surface area contributed by atoms with Crippen molar-refractivity contribution in [2.75, 3.05) is 6.54 Å². The maximum absolute atomic E-state index is 8.77. The molecule has 0 radical (unpaired) electrons. The highest BCUT2D eigenvalue weighted by Gasteiger charge is 2.42. The Balaban J connectivity index is 1.75. The van der Waals surface area contributed by atoms with Crippen molar-refractivity contribution in [3.63, 3.8) is 0 Å². The molecule has 0 saturated heterocycles. The van der Waals surface area contributed by atoms with Gasteiger partial charge in [-0.2, -0.15) is 5.26 Å². The molecule has 1 aromatic rings. The first kappa shape index (κ1) is 12.6. The van der Waals surface area contributed by atoms with Crippen LogP contribution in [0.15, 0.2) is 12.1 Å². The van der Waals surface area contributed by atoms with Gasteiger partial charge >= 0.3 is 0 Å². The first-order valence-electron chi connectivity index (χ1n) is 6.29. The molecule has 1 N–H and O–H groups in total. The number of nitrogens with one attached hydrogen (secondary N) is 1. The molecule has 1 aliphatic carbocycles. The Hall–Kier alpha value is -0.850. The molecule has 1 saturated carbocycles. The van der Waals surface area contributed by atoms with Crippen molar-refractivity contribution >= 4 is 11.3 Å². The lowest BCUT2D eigenvalue weighted by molar-refractivity contribution is 0.426. The van der Waals surface area contributed by atoms with Gasteiger partial charge in [-0.3, -0.25) is 0 Å². The summed E-state index contributed by atoms with van der Waals surface area (Å²) in [4.78, 5) is 2.84. The van der Waals surface area contributed by atoms with Gasteiger partial charge in [-0.15, -0.1) is 11.3 Å². The van der Waals surface area contributed by atoms with Crippen LogP contribution in [0.1, 0.15) is 35.9 Å². The van der Waals surface area contributed by atoms with Crippen LogP contribution in [0.5, 0.6) is 0 Å². The summed E-state index contributed by atoms with van der Waals surface area (Å²) < 4.78 is 0. The lowest BCUT2D eigenvalue weighted by atomic mass is 10.0. The van der Waals surface area contributed by atoms with Gasteiger partial charge in [0.05, 0.1) is 6.07 Å². The van der Waals surface area contributed by atoms with Gasteiger partial charge in [-0.05, 0) is 50.7 Å². The second kappa shape index (κ2) is 5.20. The Morgan fingerprint density at radius 2 is 2.29 bits per heavy atom. The quantitative estimate of drug-likeness (QED) is 0.838. The van der Waals surface area contributed by atoms with Crippen LogP contribution in [-0.4, -0.2) is 12.6 Å². The highest BCUT2D eigenvalue weighted by molar-refractivity contribution is 7.11. The maximum atomic E-state index is 8.77. The van der Waals surface area contributed by atoms with Gasteiger partial charge in [0.1, 0.15) is 0 Å². The van der Waals surface area contributed by atoms with E-state index in [2.05, 4.69) is 37.4 Å². The molecule has 1 aliphatic rings. The monoisotopic (exact) mass is 248 g/mol. The molecule has 0 aliphatic heterocycles. The van der Waals surface area contributed by atoms with E-state index in [1.54, 1.807) is 0 Å². The van der Waals surface area contributed by atoms with Crippen molar-refractivity contribution < 1.29 is 0 Å². The number of aryl methyl sites for hydroxylation is 1. The molecule has 1 unspecified atom stereocenters. The second-order valence-electron chi connectivity index (χ2n) is 5.33. The van der Waals surface area contributed by atoms with Gasteiger partial charge in [-0.1, -0.05) is 0 Å². The normalized spacial score (nSPS) is 18.6. The lowest BCUT2D eigenvalue weighted by Crippen LogP contribution is -2.33. The van der Waals surface area contributed by atoms with Gasteiger partial charge in [0.25, 0.3) is 0 Å². The molecule has 2 nitrogen and oxygen atoms in total. The van der Waals surface area contributed by atoms with Crippen molar-refractivity contribution in [1.82, 2.24) is 5.32 Å². The first-order valence-corrected chi connectivity index (χ1v) is 7.11. The Bertz CT molecular complexity index is 412. The molecule has 0 aromatic carbocycles. The highest BCUT2D eigenvalue weighted by Crippen LogP contribution is 2.47. The van der Waals surface area contributed by atoms with E-state index in [1.165, 1.54) is 22.6 Å². The molecule has 1 fully saturated rings. The summed E-state index contributed by atoms with van der Waals surface area (Å²) in [5.41, 5.74) is 0.314. The predicted octanol–water partition coefficient (Wildman–Crippen LogP) is 3.27. The summed E-state index contributed by atoms with van der Waals surface area (Å²) in [6.07, 6.45) is 4.25. The smallest absolute Gasteiger partial charge is 0.0628 e. The third kappa shape index (κ3) is 3.55. The molecule has 0 amide bonds. The number of nitriles is 1. The molecule has 2 rings (SSSR count). The molecular weight excluding hydrogens is 228 g/mol. The first-order chi connectivity index (χ1) is 8.13. The van der Waals surface area contributed by atoms with Gasteiger partial charge in [0.2, 0.25) is 0 Å². The van der Waals surface area contributed by atoms with Crippen molar-refractivity contribution in [1.29, 1.82) is 5.26 Å². The van der Waals surface area contributed by atoms with Crippen LogP contribution < -0.4 is 5.32 Å². The Kier molecular flexibility index (Phi) is 3.86. The molecule has 3 heteroatoms. The van der Waals surface area contributed by atoms with E-state index in [-0.39, 0.29) is 0 Å². The van der Waals surface area contributed by atoms with Crippen LogP contribution in [0.4, 0.5) is 0 Å². The van der Waals surface area contributed by atoms with Gasteiger partial charge in [0, 0.05) is 28.8 Å². The fourth-order valence-electron chi connectivity index (χ4n) is 2.12. The molecule has 1 aromatic heterocycles. The zero-order valence-corrected chi connectivity index (χ0v) is 11.4. The SMILES string of the molecule is Cc1ccc(CC(C)NCC2(CC#N)CC2)s1. The van der Waals surface area contributed by atoms with Crippen LogP contribution in [-0.2, 0) is 6.42 Å². The summed E-state index contributed by atoms with van der Waals surface area (Å²) >= 11 is 1.88. The Morgan fingerprint density at radius 3 is 2.82 bits per heavy atom. The number of nitrogens with zero attached hydrogens (tertiary/aromatic N) is 1. The second-order valence-corrected chi connectivity index (χ2v) is 6.71. The summed E-state index contributed by atoms with van der Waals surface area (Å²) in [5, 5.41) is 12.4. The summed E-state index contributed by atoms with van der Waals surface area (Å²) in [6, 6.07) is 7.22. The van der Waals surface area contributed by atoms with Crippen LogP contribution in [0.25, 0.3) is 0 Å². The number of rotatable bonds is 6. The van der Waals surface area contributed by atoms with E-state index in [0.717, 1.165) is 13.0 Å². The van der Waals surface area contributed by atoms with Crippen molar-refractivity contribution in [3.05, 3.63) is 21.9 Å². The van der Waals surface area contributed by atoms with Crippen LogP contribution in [0.2, 0.25) is 0 Å². The molecule has 1 heterocycles. The summed E-state index contributed by atoms with van der Waals surface area (Å²) in [7, 11) is 0. The van der Waals surface area contributed by atoms with E-state index in [9.17, 15) is 0 Å². The van der Waals surface area contributed by atoms with E-state index in [0.29, 0.717) is 17.9 Å². The molecule has 1 atom stereocenters. The highest BCUT2D eigenvalue weighted by atomic mass is 32.1. The zero-order chi connectivity index (χ0) is 12.3. The number of hydrogen-bond donors (Lipinski definition) is 1. The predicted molar refractivity (Wildman–Crippen MR) is 72.1 cm³/mol. The minimum atomic E-state index is 0.314. The lowest BCUT2D eigenvalue weighted by Gasteiger charge is -2.17. The van der Waals surface area contributed by atoms with E-state index in [4.69, 9.17) is 5.26 Å². The van der Waals surface area contributed by atoms with Gasteiger partial charge in [-0.25, -0.2) is 0 Å². The van der Waals surface area contributed by atoms with Crippen molar-refractivity contribution in [3.8, 4) is 6.07 Å². The summed E-state index contributed by atoms with van der Waals surface area (Å²) in [5.74, 6) is 0. The fraction of sp³-hybridized carbons (Fsp3) is 0.643. The average Bonchev–Trinajstić information content (AvgIpc) is 2.94. The van der Waals surface area contributed by atoms with Crippen LogP contribution in [0.3, 0.4) is 0 Å². The molecular formula is C14H20N2S. The number of thiophene rings is 1. The zero-order valence-electron chi connectivity index (χ0n) is 10.6. The minimum absolute atomic E-state index is 0.314. The fourth-order valence-corrected chi connectivity index (χ4v) is 3.14. The van der Waals surface area contributed by atoms with Gasteiger partial charge < -0.3 is 5.32 Å². The molecule has 0 bridgehead atoms. The Morgan fingerprint density at radius 1 is 1.53 bits per heavy atom. The molecule has 17 heavy (non-hydrogen) atoms. The third-order valence-electron chi connectivity index (χ3n) is 3.54. The Labute approximate surface area is 108 Å². The van der Waals surface area contributed by atoms with E-state index in [1.807, 2.05) is 11.3 Å². The molecule has 92 valence electrons. The van der Waals surface area contributed by atoms with Crippen molar-refractivity contribution in [2.24, 2.45) is 5.41 Å². The average molecular weight is 248 g/mol. The van der Waals surface area contributed by atoms with Gasteiger partial charge in [0.15, 0.2) is 0 Å². The van der Waals surface area contributed by atoms with Crippen LogP contribution >= 0.6 is 11.3 Å². The molecule has 0 spiro atoms. The third-order valence-corrected chi connectivity index (χ3v) is 4.56. The number of hydrogen-bond acceptors (Lipinski definition) is 3. The topological polar surface area (TPSA) is 35.8 Å². The van der Waals surface area contributed by atoms with Crippen molar-refractivity contribution in [2.45, 2.75) is 45.6 Å². The van der Waals surface area contributed by atoms with E-state index < -0.39 is 0 Å².